The van der Waals surface area contributed by atoms with Crippen molar-refractivity contribution in [3.8, 4) is 0 Å². The first-order chi connectivity index (χ1) is 11.0. The van der Waals surface area contributed by atoms with Gasteiger partial charge in [0.1, 0.15) is 0 Å². The first-order valence-electron chi connectivity index (χ1n) is 8.01. The Morgan fingerprint density at radius 3 is 2.96 bits per heavy atom. The first kappa shape index (κ1) is 16.6. The van der Waals surface area contributed by atoms with Crippen LogP contribution in [0, 0.1) is 5.92 Å². The fraction of sp³-hybridized carbons (Fsp3) is 0.733. The average Bonchev–Trinajstić information content (AvgIpc) is 3.15. The standard InChI is InChI=1S/C15H22F2N4OS/c1-9-6-21(11-2-3-11)7-12(9)20-14(22)4-10-8-23-15(19-10)18-5-13(16)17/h8-9,11-13H,2-7H2,1H3,(H,18,19)(H,20,22). The Bertz CT molecular complexity index is 549. The molecule has 0 aromatic carbocycles. The molecule has 1 saturated heterocycles. The van der Waals surface area contributed by atoms with Gasteiger partial charge in [-0.05, 0) is 18.8 Å². The van der Waals surface area contributed by atoms with Crippen LogP contribution in [0.4, 0.5) is 13.9 Å². The van der Waals surface area contributed by atoms with Crippen LogP contribution in [0.1, 0.15) is 25.5 Å². The summed E-state index contributed by atoms with van der Waals surface area (Å²) in [4.78, 5) is 18.8. The fourth-order valence-electron chi connectivity index (χ4n) is 2.99. The Balaban J connectivity index is 1.45. The summed E-state index contributed by atoms with van der Waals surface area (Å²) in [6, 6.07) is 0.916. The number of amides is 1. The lowest BCUT2D eigenvalue weighted by atomic mass is 10.1. The zero-order chi connectivity index (χ0) is 16.4. The Hall–Kier alpha value is -1.28. The third-order valence-corrected chi connectivity index (χ3v) is 5.20. The number of alkyl halides is 2. The average molecular weight is 344 g/mol. The van der Waals surface area contributed by atoms with Crippen molar-refractivity contribution in [1.29, 1.82) is 0 Å². The lowest BCUT2D eigenvalue weighted by Crippen LogP contribution is -2.40. The van der Waals surface area contributed by atoms with Gasteiger partial charge < -0.3 is 10.6 Å². The van der Waals surface area contributed by atoms with Gasteiger partial charge in [0.15, 0.2) is 5.13 Å². The minimum atomic E-state index is -2.41. The van der Waals surface area contributed by atoms with Crippen LogP contribution in [-0.2, 0) is 11.2 Å². The lowest BCUT2D eigenvalue weighted by Gasteiger charge is -2.16. The van der Waals surface area contributed by atoms with Gasteiger partial charge in [-0.1, -0.05) is 6.92 Å². The van der Waals surface area contributed by atoms with Gasteiger partial charge in [0.2, 0.25) is 5.91 Å². The maximum absolute atomic E-state index is 12.2. The fourth-order valence-corrected chi connectivity index (χ4v) is 3.71. The van der Waals surface area contributed by atoms with E-state index in [1.807, 2.05) is 0 Å². The monoisotopic (exact) mass is 344 g/mol. The zero-order valence-corrected chi connectivity index (χ0v) is 13.9. The van der Waals surface area contributed by atoms with Crippen molar-refractivity contribution < 1.29 is 13.6 Å². The number of nitrogens with zero attached hydrogens (tertiary/aromatic N) is 2. The van der Waals surface area contributed by atoms with Crippen molar-refractivity contribution in [2.75, 3.05) is 25.0 Å². The van der Waals surface area contributed by atoms with Crippen LogP contribution in [0.2, 0.25) is 0 Å². The number of rotatable bonds is 7. The molecule has 0 spiro atoms. The van der Waals surface area contributed by atoms with Crippen molar-refractivity contribution in [2.24, 2.45) is 5.92 Å². The summed E-state index contributed by atoms with van der Waals surface area (Å²) < 4.78 is 24.3. The van der Waals surface area contributed by atoms with E-state index in [1.54, 1.807) is 5.38 Å². The molecule has 2 N–H and O–H groups in total. The van der Waals surface area contributed by atoms with E-state index >= 15 is 0 Å². The molecule has 23 heavy (non-hydrogen) atoms. The molecular formula is C15H22F2N4OS. The minimum absolute atomic E-state index is 0.0507. The third-order valence-electron chi connectivity index (χ3n) is 4.35. The highest BCUT2D eigenvalue weighted by molar-refractivity contribution is 7.13. The number of likely N-dealkylation sites (tertiary alicyclic amines) is 1. The van der Waals surface area contributed by atoms with E-state index in [1.165, 1.54) is 24.2 Å². The molecule has 1 aromatic heterocycles. The van der Waals surface area contributed by atoms with Gasteiger partial charge in [-0.2, -0.15) is 0 Å². The highest BCUT2D eigenvalue weighted by Crippen LogP contribution is 2.31. The zero-order valence-electron chi connectivity index (χ0n) is 13.1. The molecule has 3 rings (SSSR count). The number of halogens is 2. The third kappa shape index (κ3) is 4.60. The van der Waals surface area contributed by atoms with Crippen molar-refractivity contribution in [2.45, 2.75) is 44.7 Å². The first-order valence-corrected chi connectivity index (χ1v) is 8.89. The largest absolute Gasteiger partial charge is 0.356 e. The second kappa shape index (κ2) is 7.09. The van der Waals surface area contributed by atoms with Crippen molar-refractivity contribution in [3.63, 3.8) is 0 Å². The molecule has 2 unspecified atom stereocenters. The van der Waals surface area contributed by atoms with Gasteiger partial charge in [-0.15, -0.1) is 11.3 Å². The van der Waals surface area contributed by atoms with Gasteiger partial charge in [0.05, 0.1) is 18.7 Å². The smallest absolute Gasteiger partial charge is 0.255 e. The molecule has 1 saturated carbocycles. The van der Waals surface area contributed by atoms with Crippen LogP contribution in [-0.4, -0.2) is 53.9 Å². The summed E-state index contributed by atoms with van der Waals surface area (Å²) in [5.41, 5.74) is 0.619. The topological polar surface area (TPSA) is 57.3 Å². The van der Waals surface area contributed by atoms with Crippen molar-refractivity contribution in [3.05, 3.63) is 11.1 Å². The molecule has 2 heterocycles. The molecule has 8 heteroatoms. The normalized spacial score (nSPS) is 25.0. The van der Waals surface area contributed by atoms with Gasteiger partial charge in [-0.25, -0.2) is 13.8 Å². The van der Waals surface area contributed by atoms with Crippen LogP contribution >= 0.6 is 11.3 Å². The predicted octanol–water partition coefficient (Wildman–Crippen LogP) is 1.96. The summed E-state index contributed by atoms with van der Waals surface area (Å²) >= 11 is 1.25. The van der Waals surface area contributed by atoms with Crippen molar-refractivity contribution in [1.82, 2.24) is 15.2 Å². The number of hydrogen-bond acceptors (Lipinski definition) is 5. The van der Waals surface area contributed by atoms with Crippen LogP contribution in [0.25, 0.3) is 0 Å². The molecule has 2 aliphatic rings. The van der Waals surface area contributed by atoms with E-state index in [4.69, 9.17) is 0 Å². The van der Waals surface area contributed by atoms with E-state index in [2.05, 4.69) is 27.4 Å². The molecule has 1 amide bonds. The number of thiazole rings is 1. The van der Waals surface area contributed by atoms with Crippen LogP contribution < -0.4 is 10.6 Å². The maximum Gasteiger partial charge on any atom is 0.255 e. The van der Waals surface area contributed by atoms with Gasteiger partial charge in [0, 0.05) is 30.6 Å². The van der Waals surface area contributed by atoms with E-state index in [-0.39, 0.29) is 18.4 Å². The summed E-state index contributed by atoms with van der Waals surface area (Å²) in [5, 5.41) is 7.83. The van der Waals surface area contributed by atoms with Crippen LogP contribution in [0.5, 0.6) is 0 Å². The van der Waals surface area contributed by atoms with E-state index in [0.29, 0.717) is 16.7 Å². The summed E-state index contributed by atoms with van der Waals surface area (Å²) in [6.45, 7) is 3.72. The van der Waals surface area contributed by atoms with Crippen LogP contribution in [0.3, 0.4) is 0 Å². The highest BCUT2D eigenvalue weighted by atomic mass is 32.1. The second-order valence-electron chi connectivity index (χ2n) is 6.43. The molecule has 2 atom stereocenters. The molecule has 2 fully saturated rings. The number of hydrogen-bond donors (Lipinski definition) is 2. The SMILES string of the molecule is CC1CN(C2CC2)CC1NC(=O)Cc1csc(NCC(F)F)n1. The quantitative estimate of drug-likeness (QED) is 0.794. The summed E-state index contributed by atoms with van der Waals surface area (Å²) in [6.07, 6.45) is 0.338. The van der Waals surface area contributed by atoms with Gasteiger partial charge in [0.25, 0.3) is 6.43 Å². The van der Waals surface area contributed by atoms with Crippen molar-refractivity contribution >= 4 is 22.4 Å². The van der Waals surface area contributed by atoms with Gasteiger partial charge in [-0.3, -0.25) is 9.69 Å². The summed E-state index contributed by atoms with van der Waals surface area (Å²) in [7, 11) is 0. The summed E-state index contributed by atoms with van der Waals surface area (Å²) in [5.74, 6) is 0.406. The number of carbonyl (C=O) groups excluding carboxylic acids is 1. The molecule has 0 radical (unpaired) electrons. The van der Waals surface area contributed by atoms with Crippen LogP contribution in [0.15, 0.2) is 5.38 Å². The molecule has 1 aliphatic carbocycles. The van der Waals surface area contributed by atoms with E-state index < -0.39 is 13.0 Å². The number of aromatic nitrogens is 1. The predicted molar refractivity (Wildman–Crippen MR) is 86.0 cm³/mol. The Labute approximate surface area is 138 Å². The molecule has 0 bridgehead atoms. The van der Waals surface area contributed by atoms with E-state index in [0.717, 1.165) is 19.1 Å². The Morgan fingerprint density at radius 1 is 1.48 bits per heavy atom. The molecule has 5 nitrogen and oxygen atoms in total. The number of carbonyl (C=O) groups is 1. The van der Waals surface area contributed by atoms with E-state index in [9.17, 15) is 13.6 Å². The van der Waals surface area contributed by atoms with Gasteiger partial charge >= 0.3 is 0 Å². The minimum Gasteiger partial charge on any atom is -0.356 e. The lowest BCUT2D eigenvalue weighted by molar-refractivity contribution is -0.121. The molecule has 1 aliphatic heterocycles. The second-order valence-corrected chi connectivity index (χ2v) is 7.29. The Morgan fingerprint density at radius 2 is 2.26 bits per heavy atom. The Kier molecular flexibility index (Phi) is 5.11. The molecular weight excluding hydrogens is 322 g/mol. The maximum atomic E-state index is 12.2. The molecule has 128 valence electrons. The highest BCUT2D eigenvalue weighted by Gasteiger charge is 2.38. The number of nitrogens with one attached hydrogen (secondary N) is 2. The number of anilines is 1. The molecule has 1 aromatic rings.